The molecule has 0 unspecified atom stereocenters. The number of nitrogens with zero attached hydrogens (tertiary/aromatic N) is 1. The van der Waals surface area contributed by atoms with Crippen LogP contribution in [0.1, 0.15) is 37.7 Å². The Kier molecular flexibility index (Phi) is 7.01. The summed E-state index contributed by atoms with van der Waals surface area (Å²) in [5.41, 5.74) is 1.30. The number of rotatable bonds is 12. The predicted octanol–water partition coefficient (Wildman–Crippen LogP) is 4.05. The molecule has 2 fully saturated rings. The van der Waals surface area contributed by atoms with Crippen LogP contribution in [0, 0.1) is 11.8 Å². The molecular weight excluding hydrogens is 364 g/mol. The summed E-state index contributed by atoms with van der Waals surface area (Å²) < 4.78 is 17.4. The summed E-state index contributed by atoms with van der Waals surface area (Å²) in [4.78, 5) is 4.40. The molecule has 1 saturated carbocycles. The molecule has 1 aromatic heterocycles. The molecule has 0 spiro atoms. The second-order valence-electron chi connectivity index (χ2n) is 8.17. The average Bonchev–Trinajstić information content (AvgIpc) is 3.36. The first kappa shape index (κ1) is 20.2. The van der Waals surface area contributed by atoms with Gasteiger partial charge < -0.3 is 19.5 Å². The fourth-order valence-corrected chi connectivity index (χ4v) is 4.11. The number of ether oxygens (including phenoxy) is 3. The standard InChI is InChI=1S/C24H32N2O3/c1-18-23(9-13-27-11-5-12-28-21-6-3-2-4-7-21)24(18)19-14-22(16-25-15-19)29-17-20-8-10-26-20/h2-4,6-7,14-16,18,20,23-24,26H,5,8-13,17H2,1H3/t18-,20-,23-,24+/m0/s1. The molecular formula is C24H32N2O3. The van der Waals surface area contributed by atoms with Gasteiger partial charge in [0.1, 0.15) is 18.1 Å². The minimum Gasteiger partial charge on any atom is -0.494 e. The first-order valence-electron chi connectivity index (χ1n) is 10.9. The van der Waals surface area contributed by atoms with Crippen molar-refractivity contribution in [3.8, 4) is 11.5 Å². The molecule has 2 aromatic rings. The lowest BCUT2D eigenvalue weighted by molar-refractivity contribution is 0.113. The van der Waals surface area contributed by atoms with Crippen molar-refractivity contribution in [2.24, 2.45) is 11.8 Å². The van der Waals surface area contributed by atoms with Crippen molar-refractivity contribution in [2.75, 3.05) is 33.0 Å². The molecule has 1 saturated heterocycles. The van der Waals surface area contributed by atoms with E-state index in [1.807, 2.05) is 42.7 Å². The molecule has 0 amide bonds. The third-order valence-corrected chi connectivity index (χ3v) is 6.10. The van der Waals surface area contributed by atoms with Gasteiger partial charge in [0, 0.05) is 31.9 Å². The van der Waals surface area contributed by atoms with E-state index >= 15 is 0 Å². The minimum atomic E-state index is 0.501. The Morgan fingerprint density at radius 1 is 1.03 bits per heavy atom. The lowest BCUT2D eigenvalue weighted by Gasteiger charge is -2.27. The third kappa shape index (κ3) is 5.71. The van der Waals surface area contributed by atoms with Crippen molar-refractivity contribution in [1.82, 2.24) is 10.3 Å². The summed E-state index contributed by atoms with van der Waals surface area (Å²) in [6.45, 7) is 6.43. The molecule has 2 aliphatic rings. The zero-order valence-corrected chi connectivity index (χ0v) is 17.3. The molecule has 1 aromatic carbocycles. The van der Waals surface area contributed by atoms with Gasteiger partial charge in [-0.3, -0.25) is 4.98 Å². The van der Waals surface area contributed by atoms with Crippen LogP contribution in [0.3, 0.4) is 0 Å². The van der Waals surface area contributed by atoms with Gasteiger partial charge >= 0.3 is 0 Å². The van der Waals surface area contributed by atoms with Crippen LogP contribution in [-0.4, -0.2) is 44.0 Å². The molecule has 2 heterocycles. The van der Waals surface area contributed by atoms with E-state index < -0.39 is 0 Å². The normalized spacial score (nSPS) is 25.3. The number of para-hydroxylation sites is 1. The van der Waals surface area contributed by atoms with Crippen molar-refractivity contribution in [3.05, 3.63) is 54.4 Å². The summed E-state index contributed by atoms with van der Waals surface area (Å²) in [7, 11) is 0. The van der Waals surface area contributed by atoms with E-state index in [0.29, 0.717) is 30.4 Å². The van der Waals surface area contributed by atoms with Gasteiger partial charge in [0.15, 0.2) is 0 Å². The SMILES string of the molecule is C[C@H]1[C@H](CCOCCCOc2ccccc2)[C@H]1c1cncc(OC[C@@H]2CCN2)c1. The largest absolute Gasteiger partial charge is 0.494 e. The van der Waals surface area contributed by atoms with E-state index in [0.717, 1.165) is 50.7 Å². The summed E-state index contributed by atoms with van der Waals surface area (Å²) in [5.74, 6) is 3.76. The van der Waals surface area contributed by atoms with Crippen molar-refractivity contribution in [3.63, 3.8) is 0 Å². The molecule has 4 rings (SSSR count). The lowest BCUT2D eigenvalue weighted by Crippen LogP contribution is -2.46. The summed E-state index contributed by atoms with van der Waals surface area (Å²) in [6.07, 6.45) is 7.04. The Hall–Kier alpha value is -2.11. The van der Waals surface area contributed by atoms with Gasteiger partial charge in [-0.2, -0.15) is 0 Å². The molecule has 1 N–H and O–H groups in total. The number of nitrogens with one attached hydrogen (secondary N) is 1. The lowest BCUT2D eigenvalue weighted by atomic mass is 10.1. The van der Waals surface area contributed by atoms with Crippen molar-refractivity contribution >= 4 is 0 Å². The van der Waals surface area contributed by atoms with Crippen LogP contribution in [0.2, 0.25) is 0 Å². The van der Waals surface area contributed by atoms with Crippen molar-refractivity contribution in [1.29, 1.82) is 0 Å². The molecule has 1 aliphatic heterocycles. The zero-order chi connectivity index (χ0) is 19.9. The van der Waals surface area contributed by atoms with Crippen LogP contribution in [0.15, 0.2) is 48.8 Å². The molecule has 4 atom stereocenters. The maximum Gasteiger partial charge on any atom is 0.137 e. The number of aromatic nitrogens is 1. The molecule has 156 valence electrons. The second kappa shape index (κ2) is 10.1. The van der Waals surface area contributed by atoms with Gasteiger partial charge in [-0.25, -0.2) is 0 Å². The Labute approximate surface area is 173 Å². The van der Waals surface area contributed by atoms with Crippen molar-refractivity contribution in [2.45, 2.75) is 38.1 Å². The number of benzene rings is 1. The number of hydrogen-bond acceptors (Lipinski definition) is 5. The van der Waals surface area contributed by atoms with E-state index in [4.69, 9.17) is 14.2 Å². The van der Waals surface area contributed by atoms with Crippen molar-refractivity contribution < 1.29 is 14.2 Å². The van der Waals surface area contributed by atoms with E-state index in [1.54, 1.807) is 0 Å². The van der Waals surface area contributed by atoms with Gasteiger partial charge in [0.05, 0.1) is 12.8 Å². The maximum absolute atomic E-state index is 5.91. The Balaban J connectivity index is 1.11. The van der Waals surface area contributed by atoms with Crippen LogP contribution < -0.4 is 14.8 Å². The third-order valence-electron chi connectivity index (χ3n) is 6.10. The van der Waals surface area contributed by atoms with Gasteiger partial charge in [0.25, 0.3) is 0 Å². The van der Waals surface area contributed by atoms with Gasteiger partial charge in [-0.15, -0.1) is 0 Å². The first-order valence-corrected chi connectivity index (χ1v) is 10.9. The van der Waals surface area contributed by atoms with Crippen LogP contribution >= 0.6 is 0 Å². The molecule has 29 heavy (non-hydrogen) atoms. The Bertz CT molecular complexity index is 751. The summed E-state index contributed by atoms with van der Waals surface area (Å²) in [5, 5.41) is 3.36. The zero-order valence-electron chi connectivity index (χ0n) is 17.3. The van der Waals surface area contributed by atoms with Crippen LogP contribution in [0.4, 0.5) is 0 Å². The van der Waals surface area contributed by atoms with Crippen LogP contribution in [0.25, 0.3) is 0 Å². The van der Waals surface area contributed by atoms with Crippen LogP contribution in [0.5, 0.6) is 11.5 Å². The molecule has 5 nitrogen and oxygen atoms in total. The Morgan fingerprint density at radius 3 is 2.69 bits per heavy atom. The summed E-state index contributed by atoms with van der Waals surface area (Å²) in [6, 6.07) is 12.6. The molecule has 0 radical (unpaired) electrons. The molecule has 1 aliphatic carbocycles. The average molecular weight is 397 g/mol. The monoisotopic (exact) mass is 396 g/mol. The molecule has 0 bridgehead atoms. The first-order chi connectivity index (χ1) is 14.3. The maximum atomic E-state index is 5.91. The van der Waals surface area contributed by atoms with Gasteiger partial charge in [0.2, 0.25) is 0 Å². The quantitative estimate of drug-likeness (QED) is 0.549. The number of hydrogen-bond donors (Lipinski definition) is 1. The Morgan fingerprint density at radius 2 is 1.90 bits per heavy atom. The minimum absolute atomic E-state index is 0.501. The topological polar surface area (TPSA) is 52.6 Å². The van der Waals surface area contributed by atoms with E-state index in [-0.39, 0.29) is 0 Å². The fourth-order valence-electron chi connectivity index (χ4n) is 4.11. The predicted molar refractivity (Wildman–Crippen MR) is 114 cm³/mol. The fraction of sp³-hybridized carbons (Fsp3) is 0.542. The van der Waals surface area contributed by atoms with Gasteiger partial charge in [-0.1, -0.05) is 25.1 Å². The summed E-state index contributed by atoms with van der Waals surface area (Å²) >= 11 is 0. The van der Waals surface area contributed by atoms with E-state index in [2.05, 4.69) is 23.3 Å². The molecule has 5 heteroatoms. The highest BCUT2D eigenvalue weighted by atomic mass is 16.5. The van der Waals surface area contributed by atoms with Gasteiger partial charge in [-0.05, 0) is 60.9 Å². The number of pyridine rings is 1. The highest BCUT2D eigenvalue weighted by Crippen LogP contribution is 2.55. The highest BCUT2D eigenvalue weighted by Gasteiger charge is 2.47. The van der Waals surface area contributed by atoms with E-state index in [1.165, 1.54) is 12.0 Å². The highest BCUT2D eigenvalue weighted by molar-refractivity contribution is 5.31. The smallest absolute Gasteiger partial charge is 0.137 e. The van der Waals surface area contributed by atoms with Crippen LogP contribution in [-0.2, 0) is 4.74 Å². The second-order valence-corrected chi connectivity index (χ2v) is 8.17. The van der Waals surface area contributed by atoms with E-state index in [9.17, 15) is 0 Å².